The molecule has 1 aromatic carbocycles. The molecule has 21 heavy (non-hydrogen) atoms. The molecule has 0 aromatic heterocycles. The van der Waals surface area contributed by atoms with E-state index in [0.29, 0.717) is 11.0 Å². The van der Waals surface area contributed by atoms with Crippen LogP contribution in [0, 0.1) is 8.99 Å². The summed E-state index contributed by atoms with van der Waals surface area (Å²) in [6, 6.07) is 5.21. The quantitative estimate of drug-likeness (QED) is 0.720. The Morgan fingerprint density at radius 2 is 1.76 bits per heavy atom. The van der Waals surface area contributed by atoms with E-state index in [0.717, 1.165) is 29.5 Å². The van der Waals surface area contributed by atoms with E-state index in [2.05, 4.69) is 22.6 Å². The first-order valence-electron chi connectivity index (χ1n) is 7.88. The summed E-state index contributed by atoms with van der Waals surface area (Å²) in [5.74, 6) is 0.259. The molecule has 4 heteroatoms. The number of rotatable bonds is 1. The van der Waals surface area contributed by atoms with Crippen molar-refractivity contribution in [1.29, 1.82) is 0 Å². The van der Waals surface area contributed by atoms with Gasteiger partial charge in [0.25, 0.3) is 5.91 Å². The standard InChI is InChI=1S/C17H22INO2/c18-14-5-4-13(12-15(14)20)16(21)19-10-8-17(9-11-19)6-2-1-3-7-17/h4-5,12,20H,1-3,6-11H2. The highest BCUT2D eigenvalue weighted by atomic mass is 127. The lowest BCUT2D eigenvalue weighted by Gasteiger charge is -2.44. The lowest BCUT2D eigenvalue weighted by atomic mass is 9.68. The fourth-order valence-corrected chi connectivity index (χ4v) is 4.15. The summed E-state index contributed by atoms with van der Waals surface area (Å²) in [5, 5.41) is 9.77. The van der Waals surface area contributed by atoms with Crippen molar-refractivity contribution in [1.82, 2.24) is 4.90 Å². The molecule has 1 amide bonds. The average molecular weight is 399 g/mol. The summed E-state index contributed by atoms with van der Waals surface area (Å²) in [6.45, 7) is 1.73. The van der Waals surface area contributed by atoms with Crippen molar-refractivity contribution in [2.45, 2.75) is 44.9 Å². The number of nitrogens with zero attached hydrogens (tertiary/aromatic N) is 1. The number of amides is 1. The van der Waals surface area contributed by atoms with Gasteiger partial charge in [-0.15, -0.1) is 0 Å². The van der Waals surface area contributed by atoms with Crippen LogP contribution in [0.4, 0.5) is 0 Å². The van der Waals surface area contributed by atoms with Crippen LogP contribution >= 0.6 is 22.6 Å². The zero-order valence-electron chi connectivity index (χ0n) is 12.3. The molecule has 1 aliphatic carbocycles. The molecule has 3 nitrogen and oxygen atoms in total. The van der Waals surface area contributed by atoms with Gasteiger partial charge < -0.3 is 10.0 Å². The number of likely N-dealkylation sites (tertiary alicyclic amines) is 1. The molecule has 1 saturated carbocycles. The molecule has 1 spiro atoms. The first-order valence-corrected chi connectivity index (χ1v) is 8.95. The van der Waals surface area contributed by atoms with Gasteiger partial charge in [-0.1, -0.05) is 19.3 Å². The molecule has 1 heterocycles. The minimum atomic E-state index is 0.0624. The molecule has 2 aliphatic rings. The summed E-state index contributed by atoms with van der Waals surface area (Å²) >= 11 is 2.07. The molecule has 1 aliphatic heterocycles. The van der Waals surface area contributed by atoms with E-state index in [4.69, 9.17) is 0 Å². The van der Waals surface area contributed by atoms with Gasteiger partial charge >= 0.3 is 0 Å². The van der Waals surface area contributed by atoms with Gasteiger partial charge in [0.15, 0.2) is 0 Å². The number of piperidine rings is 1. The minimum absolute atomic E-state index is 0.0624. The van der Waals surface area contributed by atoms with Crippen LogP contribution in [0.2, 0.25) is 0 Å². The molecule has 1 aromatic rings. The van der Waals surface area contributed by atoms with E-state index >= 15 is 0 Å². The number of phenols is 1. The van der Waals surface area contributed by atoms with Gasteiger partial charge in [0.1, 0.15) is 5.75 Å². The molecule has 2 fully saturated rings. The van der Waals surface area contributed by atoms with Crippen molar-refractivity contribution >= 4 is 28.5 Å². The third kappa shape index (κ3) is 3.20. The van der Waals surface area contributed by atoms with E-state index in [1.807, 2.05) is 11.0 Å². The Kier molecular flexibility index (Phi) is 4.43. The summed E-state index contributed by atoms with van der Waals surface area (Å²) in [4.78, 5) is 14.5. The number of carbonyl (C=O) groups is 1. The van der Waals surface area contributed by atoms with Gasteiger partial charge in [0.2, 0.25) is 0 Å². The van der Waals surface area contributed by atoms with Crippen LogP contribution in [0.25, 0.3) is 0 Å². The van der Waals surface area contributed by atoms with E-state index in [1.54, 1.807) is 12.1 Å². The molecule has 1 saturated heterocycles. The number of carbonyl (C=O) groups excluding carboxylic acids is 1. The fourth-order valence-electron chi connectivity index (χ4n) is 3.81. The molecular formula is C17H22INO2. The van der Waals surface area contributed by atoms with Crippen molar-refractivity contribution < 1.29 is 9.90 Å². The zero-order chi connectivity index (χ0) is 14.9. The second-order valence-electron chi connectivity index (χ2n) is 6.52. The largest absolute Gasteiger partial charge is 0.507 e. The topological polar surface area (TPSA) is 40.5 Å². The number of benzene rings is 1. The number of halogens is 1. The normalized spacial score (nSPS) is 21.5. The Balaban J connectivity index is 1.65. The Morgan fingerprint density at radius 3 is 2.38 bits per heavy atom. The number of phenolic OH excluding ortho intramolecular Hbond substituents is 1. The van der Waals surface area contributed by atoms with Crippen LogP contribution in [-0.4, -0.2) is 29.0 Å². The highest BCUT2D eigenvalue weighted by molar-refractivity contribution is 14.1. The van der Waals surface area contributed by atoms with E-state index < -0.39 is 0 Å². The number of aromatic hydroxyl groups is 1. The molecule has 0 atom stereocenters. The molecule has 0 bridgehead atoms. The van der Waals surface area contributed by atoms with Gasteiger partial charge in [-0.3, -0.25) is 4.79 Å². The number of hydrogen-bond acceptors (Lipinski definition) is 2. The summed E-state index contributed by atoms with van der Waals surface area (Å²) in [5.41, 5.74) is 1.12. The molecule has 0 radical (unpaired) electrons. The van der Waals surface area contributed by atoms with Crippen molar-refractivity contribution in [3.05, 3.63) is 27.3 Å². The summed E-state index contributed by atoms with van der Waals surface area (Å²) in [7, 11) is 0. The van der Waals surface area contributed by atoms with Gasteiger partial charge in [0, 0.05) is 18.7 Å². The van der Waals surface area contributed by atoms with Crippen LogP contribution in [0.1, 0.15) is 55.3 Å². The van der Waals surface area contributed by atoms with Crippen LogP contribution in [0.5, 0.6) is 5.75 Å². The zero-order valence-corrected chi connectivity index (χ0v) is 14.4. The molecule has 1 N–H and O–H groups in total. The van der Waals surface area contributed by atoms with Gasteiger partial charge in [0.05, 0.1) is 3.57 Å². The second kappa shape index (κ2) is 6.15. The predicted octanol–water partition coefficient (Wildman–Crippen LogP) is 4.18. The maximum atomic E-state index is 12.5. The SMILES string of the molecule is O=C(c1ccc(I)c(O)c1)N1CCC2(CCCCC2)CC1. The van der Waals surface area contributed by atoms with Crippen molar-refractivity contribution in [2.24, 2.45) is 5.41 Å². The van der Waals surface area contributed by atoms with Crippen molar-refractivity contribution in [2.75, 3.05) is 13.1 Å². The maximum Gasteiger partial charge on any atom is 0.253 e. The van der Waals surface area contributed by atoms with Crippen LogP contribution in [-0.2, 0) is 0 Å². The third-order valence-electron chi connectivity index (χ3n) is 5.22. The summed E-state index contributed by atoms with van der Waals surface area (Å²) < 4.78 is 0.781. The van der Waals surface area contributed by atoms with Crippen LogP contribution in [0.3, 0.4) is 0 Å². The molecular weight excluding hydrogens is 377 g/mol. The predicted molar refractivity (Wildman–Crippen MR) is 91.5 cm³/mol. The van der Waals surface area contributed by atoms with E-state index in [1.165, 1.54) is 32.1 Å². The summed E-state index contributed by atoms with van der Waals surface area (Å²) in [6.07, 6.45) is 9.09. The average Bonchev–Trinajstić information content (AvgIpc) is 2.51. The van der Waals surface area contributed by atoms with Gasteiger partial charge in [-0.25, -0.2) is 0 Å². The van der Waals surface area contributed by atoms with E-state index in [-0.39, 0.29) is 11.7 Å². The van der Waals surface area contributed by atoms with Crippen LogP contribution < -0.4 is 0 Å². The first-order chi connectivity index (χ1) is 10.1. The molecule has 0 unspecified atom stereocenters. The van der Waals surface area contributed by atoms with Crippen LogP contribution in [0.15, 0.2) is 18.2 Å². The third-order valence-corrected chi connectivity index (χ3v) is 6.13. The van der Waals surface area contributed by atoms with Gasteiger partial charge in [-0.2, -0.15) is 0 Å². The first kappa shape index (κ1) is 15.1. The Hall–Kier alpha value is -0.780. The number of hydrogen-bond donors (Lipinski definition) is 1. The fraction of sp³-hybridized carbons (Fsp3) is 0.588. The highest BCUT2D eigenvalue weighted by Crippen LogP contribution is 2.44. The Morgan fingerprint density at radius 1 is 1.10 bits per heavy atom. The van der Waals surface area contributed by atoms with Crippen molar-refractivity contribution in [3.63, 3.8) is 0 Å². The molecule has 114 valence electrons. The highest BCUT2D eigenvalue weighted by Gasteiger charge is 2.36. The lowest BCUT2D eigenvalue weighted by molar-refractivity contribution is 0.0471. The lowest BCUT2D eigenvalue weighted by Crippen LogP contribution is -2.43. The molecule has 3 rings (SSSR count). The Bertz CT molecular complexity index is 528. The van der Waals surface area contributed by atoms with E-state index in [9.17, 15) is 9.90 Å². The smallest absolute Gasteiger partial charge is 0.253 e. The Labute approximate surface area is 139 Å². The minimum Gasteiger partial charge on any atom is -0.507 e. The van der Waals surface area contributed by atoms with Gasteiger partial charge in [-0.05, 0) is 71.9 Å². The van der Waals surface area contributed by atoms with Crippen molar-refractivity contribution in [3.8, 4) is 5.75 Å². The second-order valence-corrected chi connectivity index (χ2v) is 7.68. The maximum absolute atomic E-state index is 12.5. The monoisotopic (exact) mass is 399 g/mol.